The van der Waals surface area contributed by atoms with Gasteiger partial charge < -0.3 is 14.6 Å². The van der Waals surface area contributed by atoms with Crippen LogP contribution >= 0.6 is 11.3 Å². The Morgan fingerprint density at radius 2 is 2.12 bits per heavy atom. The smallest absolute Gasteiger partial charge is 0.293 e. The zero-order valence-electron chi connectivity index (χ0n) is 14.7. The van der Waals surface area contributed by atoms with Crippen molar-refractivity contribution in [1.29, 1.82) is 0 Å². The Labute approximate surface area is 156 Å². The van der Waals surface area contributed by atoms with Gasteiger partial charge in [0.2, 0.25) is 5.91 Å². The molecule has 7 nitrogen and oxygen atoms in total. The van der Waals surface area contributed by atoms with E-state index in [1.807, 2.05) is 0 Å². The van der Waals surface area contributed by atoms with Crippen molar-refractivity contribution in [3.05, 3.63) is 35.2 Å². The highest BCUT2D eigenvalue weighted by Gasteiger charge is 2.13. The van der Waals surface area contributed by atoms with E-state index in [2.05, 4.69) is 20.5 Å². The molecule has 1 fully saturated rings. The molecule has 0 aromatic carbocycles. The quantitative estimate of drug-likeness (QED) is 0.691. The first kappa shape index (κ1) is 18.6. The number of thiazole rings is 1. The molecule has 0 saturated carbocycles. The zero-order chi connectivity index (χ0) is 18.2. The van der Waals surface area contributed by atoms with Crippen LogP contribution in [0.15, 0.2) is 28.2 Å². The monoisotopic (exact) mass is 376 g/mol. The van der Waals surface area contributed by atoms with Crippen molar-refractivity contribution in [3.8, 4) is 0 Å². The van der Waals surface area contributed by atoms with Gasteiger partial charge in [0.15, 0.2) is 10.9 Å². The second-order valence-electron chi connectivity index (χ2n) is 6.36. The van der Waals surface area contributed by atoms with Crippen LogP contribution in [0.25, 0.3) is 0 Å². The molecule has 0 unspecified atom stereocenters. The van der Waals surface area contributed by atoms with Crippen molar-refractivity contribution >= 4 is 28.3 Å². The number of rotatable bonds is 8. The first-order chi connectivity index (χ1) is 12.7. The maximum Gasteiger partial charge on any atom is 0.293 e. The van der Waals surface area contributed by atoms with Crippen LogP contribution in [0.1, 0.15) is 41.9 Å². The summed E-state index contributed by atoms with van der Waals surface area (Å²) >= 11 is 1.29. The molecule has 0 bridgehead atoms. The van der Waals surface area contributed by atoms with Crippen LogP contribution in [-0.4, -0.2) is 47.9 Å². The van der Waals surface area contributed by atoms with E-state index in [1.54, 1.807) is 17.5 Å². The summed E-state index contributed by atoms with van der Waals surface area (Å²) in [6.45, 7) is 4.08. The molecule has 3 rings (SSSR count). The van der Waals surface area contributed by atoms with Crippen molar-refractivity contribution < 1.29 is 14.0 Å². The number of nitrogens with one attached hydrogen (secondary N) is 2. The van der Waals surface area contributed by atoms with E-state index >= 15 is 0 Å². The van der Waals surface area contributed by atoms with Gasteiger partial charge in [0, 0.05) is 11.9 Å². The van der Waals surface area contributed by atoms with Crippen LogP contribution < -0.4 is 10.6 Å². The summed E-state index contributed by atoms with van der Waals surface area (Å²) in [6.07, 6.45) is 6.54. The molecule has 1 saturated heterocycles. The molecule has 3 heterocycles. The van der Waals surface area contributed by atoms with Crippen LogP contribution in [0, 0.1) is 0 Å². The third-order valence-electron chi connectivity index (χ3n) is 4.28. The zero-order valence-corrected chi connectivity index (χ0v) is 15.5. The Balaban J connectivity index is 1.35. The minimum atomic E-state index is -0.349. The molecule has 1 aliphatic rings. The Hall–Kier alpha value is -2.19. The van der Waals surface area contributed by atoms with Gasteiger partial charge in [-0.1, -0.05) is 6.42 Å². The Morgan fingerprint density at radius 1 is 1.27 bits per heavy atom. The minimum absolute atomic E-state index is 0.0437. The topological polar surface area (TPSA) is 87.5 Å². The summed E-state index contributed by atoms with van der Waals surface area (Å²) < 4.78 is 5.03. The largest absolute Gasteiger partial charge is 0.459 e. The molecule has 2 amide bonds. The van der Waals surface area contributed by atoms with E-state index in [-0.39, 0.29) is 24.0 Å². The van der Waals surface area contributed by atoms with Gasteiger partial charge in [-0.25, -0.2) is 4.98 Å². The van der Waals surface area contributed by atoms with Crippen molar-refractivity contribution in [2.75, 3.05) is 31.5 Å². The number of piperidine rings is 1. The highest BCUT2D eigenvalue weighted by atomic mass is 32.1. The number of furan rings is 1. The number of nitrogens with zero attached hydrogens (tertiary/aromatic N) is 2. The Bertz CT molecular complexity index is 708. The molecule has 0 radical (unpaired) electrons. The van der Waals surface area contributed by atoms with E-state index in [0.717, 1.165) is 13.0 Å². The minimum Gasteiger partial charge on any atom is -0.459 e. The Kier molecular flexibility index (Phi) is 6.79. The average Bonchev–Trinajstić information content (AvgIpc) is 3.32. The number of carbonyl (C=O) groups excluding carboxylic acids is 2. The summed E-state index contributed by atoms with van der Waals surface area (Å²) in [5.74, 6) is -0.163. The molecule has 0 spiro atoms. The van der Waals surface area contributed by atoms with Crippen molar-refractivity contribution in [2.45, 2.75) is 32.1 Å². The first-order valence-electron chi connectivity index (χ1n) is 8.99. The summed E-state index contributed by atoms with van der Waals surface area (Å²) in [4.78, 5) is 30.6. The second-order valence-corrected chi connectivity index (χ2v) is 7.22. The van der Waals surface area contributed by atoms with Gasteiger partial charge in [0.05, 0.1) is 18.4 Å². The molecule has 2 N–H and O–H groups in total. The lowest BCUT2D eigenvalue weighted by Gasteiger charge is -2.26. The lowest BCUT2D eigenvalue weighted by molar-refractivity contribution is -0.120. The number of aromatic nitrogens is 1. The van der Waals surface area contributed by atoms with Crippen molar-refractivity contribution in [2.24, 2.45) is 0 Å². The predicted octanol–water partition coefficient (Wildman–Crippen LogP) is 2.52. The number of likely N-dealkylation sites (tertiary alicyclic amines) is 1. The second kappa shape index (κ2) is 9.49. The number of hydrogen-bond acceptors (Lipinski definition) is 6. The normalized spacial score (nSPS) is 14.9. The molecule has 2 aromatic rings. The van der Waals surface area contributed by atoms with Gasteiger partial charge in [0.1, 0.15) is 0 Å². The number of anilines is 1. The number of carbonyl (C=O) groups is 2. The van der Waals surface area contributed by atoms with Crippen LogP contribution in [0.2, 0.25) is 0 Å². The highest BCUT2D eigenvalue weighted by molar-refractivity contribution is 7.14. The molecule has 0 atom stereocenters. The molecule has 26 heavy (non-hydrogen) atoms. The van der Waals surface area contributed by atoms with Crippen molar-refractivity contribution in [3.63, 3.8) is 0 Å². The van der Waals surface area contributed by atoms with E-state index in [0.29, 0.717) is 17.4 Å². The van der Waals surface area contributed by atoms with Crippen LogP contribution in [0.3, 0.4) is 0 Å². The molecule has 8 heteroatoms. The predicted molar refractivity (Wildman–Crippen MR) is 100 cm³/mol. The van der Waals surface area contributed by atoms with E-state index in [1.165, 1.54) is 50.0 Å². The third kappa shape index (κ3) is 5.67. The molecular weight excluding hydrogens is 352 g/mol. The van der Waals surface area contributed by atoms with Gasteiger partial charge in [0.25, 0.3) is 5.91 Å². The van der Waals surface area contributed by atoms with E-state index in [9.17, 15) is 9.59 Å². The molecule has 140 valence electrons. The highest BCUT2D eigenvalue weighted by Crippen LogP contribution is 2.17. The molecule has 0 aliphatic carbocycles. The van der Waals surface area contributed by atoms with Crippen LogP contribution in [0.4, 0.5) is 5.13 Å². The summed E-state index contributed by atoms with van der Waals surface area (Å²) in [7, 11) is 0. The van der Waals surface area contributed by atoms with Gasteiger partial charge in [-0.05, 0) is 51.0 Å². The van der Waals surface area contributed by atoms with E-state index in [4.69, 9.17) is 4.42 Å². The molecule has 2 aromatic heterocycles. The number of amides is 2. The fraction of sp³-hybridized carbons (Fsp3) is 0.500. The van der Waals surface area contributed by atoms with E-state index < -0.39 is 0 Å². The summed E-state index contributed by atoms with van der Waals surface area (Å²) in [6, 6.07) is 3.24. The Morgan fingerprint density at radius 3 is 2.88 bits per heavy atom. The summed E-state index contributed by atoms with van der Waals surface area (Å²) in [5, 5.41) is 7.84. The maximum atomic E-state index is 12.0. The van der Waals surface area contributed by atoms with Gasteiger partial charge in [-0.15, -0.1) is 11.3 Å². The lowest BCUT2D eigenvalue weighted by Crippen LogP contribution is -2.33. The van der Waals surface area contributed by atoms with Crippen LogP contribution in [-0.2, 0) is 11.2 Å². The first-order valence-corrected chi connectivity index (χ1v) is 9.87. The van der Waals surface area contributed by atoms with Gasteiger partial charge in [-0.2, -0.15) is 0 Å². The van der Waals surface area contributed by atoms with Gasteiger partial charge in [-0.3, -0.25) is 14.9 Å². The third-order valence-corrected chi connectivity index (χ3v) is 5.09. The average molecular weight is 376 g/mol. The van der Waals surface area contributed by atoms with Gasteiger partial charge >= 0.3 is 0 Å². The maximum absolute atomic E-state index is 12.0. The fourth-order valence-corrected chi connectivity index (χ4v) is 3.66. The fourth-order valence-electron chi connectivity index (χ4n) is 2.95. The van der Waals surface area contributed by atoms with Crippen LogP contribution in [0.5, 0.6) is 0 Å². The SMILES string of the molecule is O=C(Cc1csc(NC(=O)c2ccco2)n1)NCCCN1CCCCC1. The standard InChI is InChI=1S/C18H24N4O3S/c23-16(19-7-5-10-22-8-2-1-3-9-22)12-14-13-26-18(20-14)21-17(24)15-6-4-11-25-15/h4,6,11,13H,1-3,5,7-10,12H2,(H,19,23)(H,20,21,24). The lowest BCUT2D eigenvalue weighted by atomic mass is 10.1. The molecular formula is C18H24N4O3S. The van der Waals surface area contributed by atoms with Crippen molar-refractivity contribution in [1.82, 2.24) is 15.2 Å². The summed E-state index contributed by atoms with van der Waals surface area (Å²) in [5.41, 5.74) is 0.651. The molecule has 1 aliphatic heterocycles. The number of hydrogen-bond donors (Lipinski definition) is 2.